The van der Waals surface area contributed by atoms with Crippen molar-refractivity contribution in [2.45, 2.75) is 4.90 Å². The van der Waals surface area contributed by atoms with Crippen molar-refractivity contribution in [2.24, 2.45) is 0 Å². The summed E-state index contributed by atoms with van der Waals surface area (Å²) in [6.07, 6.45) is 0. The molecule has 0 aliphatic carbocycles. The first-order valence-corrected chi connectivity index (χ1v) is 7.88. The first-order valence-electron chi connectivity index (χ1n) is 6.44. The van der Waals surface area contributed by atoms with Gasteiger partial charge in [0.1, 0.15) is 0 Å². The molecule has 0 aromatic heterocycles. The van der Waals surface area contributed by atoms with E-state index in [0.29, 0.717) is 0 Å². The fourth-order valence-corrected chi connectivity index (χ4v) is 3.54. The normalized spacial score (nSPS) is 15.8. The van der Waals surface area contributed by atoms with Crippen LogP contribution in [0.4, 0.5) is 10.5 Å². The van der Waals surface area contributed by atoms with Gasteiger partial charge in [0.2, 0.25) is 10.0 Å². The number of carbonyl (C=O) groups excluding carboxylic acids is 1. The van der Waals surface area contributed by atoms with Crippen LogP contribution >= 0.6 is 0 Å². The van der Waals surface area contributed by atoms with E-state index in [1.54, 1.807) is 14.1 Å². The Bertz CT molecular complexity index is 703. The van der Waals surface area contributed by atoms with Gasteiger partial charge in [0.25, 0.3) is 5.69 Å². The maximum Gasteiger partial charge on any atom is 0.320 e. The van der Waals surface area contributed by atoms with Crippen LogP contribution in [0, 0.1) is 10.1 Å². The van der Waals surface area contributed by atoms with Gasteiger partial charge >= 0.3 is 6.03 Å². The lowest BCUT2D eigenvalue weighted by molar-refractivity contribution is -0.385. The molecular weight excluding hydrogens is 312 g/mol. The van der Waals surface area contributed by atoms with E-state index in [9.17, 15) is 23.3 Å². The Hall–Kier alpha value is -2.20. The molecule has 1 aliphatic rings. The fourth-order valence-electron chi connectivity index (χ4n) is 2.11. The molecule has 2 rings (SSSR count). The zero-order valence-corrected chi connectivity index (χ0v) is 13.0. The summed E-state index contributed by atoms with van der Waals surface area (Å²) in [5, 5.41) is 10.8. The van der Waals surface area contributed by atoms with Gasteiger partial charge in [-0.05, 0) is 6.07 Å². The quantitative estimate of drug-likeness (QED) is 0.595. The molecule has 120 valence electrons. The highest BCUT2D eigenvalue weighted by molar-refractivity contribution is 7.89. The Labute approximate surface area is 127 Å². The summed E-state index contributed by atoms with van der Waals surface area (Å²) in [7, 11) is -0.704. The molecule has 1 fully saturated rings. The Kier molecular flexibility index (Phi) is 4.33. The molecule has 10 heteroatoms. The van der Waals surface area contributed by atoms with Crippen LogP contribution in [0.3, 0.4) is 0 Å². The molecule has 0 radical (unpaired) electrons. The summed E-state index contributed by atoms with van der Waals surface area (Å²) in [6.45, 7) is 0.373. The summed E-state index contributed by atoms with van der Waals surface area (Å²) >= 11 is 0. The van der Waals surface area contributed by atoms with Crippen molar-refractivity contribution in [3.63, 3.8) is 0 Å². The monoisotopic (exact) mass is 328 g/mol. The van der Waals surface area contributed by atoms with Gasteiger partial charge in [-0.3, -0.25) is 10.1 Å². The lowest BCUT2D eigenvalue weighted by Crippen LogP contribution is -2.39. The molecule has 0 N–H and O–H groups in total. The number of hydrogen-bond acceptors (Lipinski definition) is 5. The van der Waals surface area contributed by atoms with Crippen molar-refractivity contribution in [3.8, 4) is 0 Å². The second kappa shape index (κ2) is 5.89. The number of benzene rings is 1. The lowest BCUT2D eigenvalue weighted by Gasteiger charge is -2.21. The number of non-ortho nitro benzene ring substituents is 1. The molecule has 0 unspecified atom stereocenters. The summed E-state index contributed by atoms with van der Waals surface area (Å²) < 4.78 is 26.1. The minimum absolute atomic E-state index is 0.0674. The van der Waals surface area contributed by atoms with Gasteiger partial charge in [-0.15, -0.1) is 0 Å². The Morgan fingerprint density at radius 2 is 2.00 bits per heavy atom. The minimum atomic E-state index is -3.87. The molecule has 0 spiro atoms. The molecule has 9 nitrogen and oxygen atoms in total. The van der Waals surface area contributed by atoms with Gasteiger partial charge in [-0.25, -0.2) is 13.2 Å². The van der Waals surface area contributed by atoms with Crippen molar-refractivity contribution in [1.29, 1.82) is 0 Å². The van der Waals surface area contributed by atoms with E-state index in [0.717, 1.165) is 10.4 Å². The average Bonchev–Trinajstić information content (AvgIpc) is 2.96. The third-order valence-electron chi connectivity index (χ3n) is 3.27. The Balaban J connectivity index is 2.23. The van der Waals surface area contributed by atoms with Crippen LogP contribution in [0.1, 0.15) is 0 Å². The lowest BCUT2D eigenvalue weighted by atomic mass is 10.3. The number of carbonyl (C=O) groups is 1. The maximum atomic E-state index is 12.5. The predicted octanol–water partition coefficient (Wildman–Crippen LogP) is 0.540. The van der Waals surface area contributed by atoms with Crippen LogP contribution in [0.2, 0.25) is 0 Å². The van der Waals surface area contributed by atoms with Crippen molar-refractivity contribution in [3.05, 3.63) is 34.4 Å². The average molecular weight is 328 g/mol. The van der Waals surface area contributed by atoms with Crippen LogP contribution in [0.25, 0.3) is 0 Å². The van der Waals surface area contributed by atoms with Crippen LogP contribution in [-0.4, -0.2) is 67.3 Å². The summed E-state index contributed by atoms with van der Waals surface area (Å²) in [5.41, 5.74) is -0.290. The number of amides is 2. The van der Waals surface area contributed by atoms with E-state index in [2.05, 4.69) is 0 Å². The summed E-state index contributed by atoms with van der Waals surface area (Å²) in [6, 6.07) is 4.59. The molecule has 0 saturated carbocycles. The van der Waals surface area contributed by atoms with Gasteiger partial charge in [-0.1, -0.05) is 6.07 Å². The highest BCUT2D eigenvalue weighted by Crippen LogP contribution is 2.23. The first-order chi connectivity index (χ1) is 10.2. The molecule has 2 amide bonds. The number of nitro benzene ring substituents is 1. The third-order valence-corrected chi connectivity index (χ3v) is 5.09. The fraction of sp³-hybridized carbons (Fsp3) is 0.417. The molecule has 1 heterocycles. The SMILES string of the molecule is CN(C)C(=O)N1CCN(S(=O)(=O)c2cccc([N+](=O)[O-])c2)C1. The van der Waals surface area contributed by atoms with Crippen molar-refractivity contribution >= 4 is 21.7 Å². The van der Waals surface area contributed by atoms with E-state index >= 15 is 0 Å². The summed E-state index contributed by atoms with van der Waals surface area (Å²) in [5.74, 6) is 0. The Morgan fingerprint density at radius 3 is 2.59 bits per heavy atom. The van der Waals surface area contributed by atoms with Crippen LogP contribution in [0.15, 0.2) is 29.2 Å². The molecule has 1 aromatic carbocycles. The van der Waals surface area contributed by atoms with E-state index in [4.69, 9.17) is 0 Å². The van der Waals surface area contributed by atoms with Gasteiger partial charge < -0.3 is 9.80 Å². The zero-order chi connectivity index (χ0) is 16.5. The van der Waals surface area contributed by atoms with E-state index in [1.165, 1.54) is 28.0 Å². The number of hydrogen-bond donors (Lipinski definition) is 0. The van der Waals surface area contributed by atoms with Crippen molar-refractivity contribution in [1.82, 2.24) is 14.1 Å². The number of nitrogens with zero attached hydrogens (tertiary/aromatic N) is 4. The molecule has 1 saturated heterocycles. The molecule has 0 bridgehead atoms. The van der Waals surface area contributed by atoms with E-state index < -0.39 is 14.9 Å². The summed E-state index contributed by atoms with van der Waals surface area (Å²) in [4.78, 5) is 24.6. The van der Waals surface area contributed by atoms with Crippen LogP contribution in [0.5, 0.6) is 0 Å². The van der Waals surface area contributed by atoms with E-state index in [-0.39, 0.29) is 36.4 Å². The predicted molar refractivity (Wildman–Crippen MR) is 77.6 cm³/mol. The highest BCUT2D eigenvalue weighted by Gasteiger charge is 2.34. The molecule has 0 atom stereocenters. The largest absolute Gasteiger partial charge is 0.331 e. The first kappa shape index (κ1) is 16.2. The highest BCUT2D eigenvalue weighted by atomic mass is 32.2. The van der Waals surface area contributed by atoms with E-state index in [1.807, 2.05) is 0 Å². The van der Waals surface area contributed by atoms with Gasteiger partial charge in [-0.2, -0.15) is 4.31 Å². The van der Waals surface area contributed by atoms with Gasteiger partial charge in [0, 0.05) is 39.3 Å². The smallest absolute Gasteiger partial charge is 0.320 e. The molecule has 1 aliphatic heterocycles. The Morgan fingerprint density at radius 1 is 1.32 bits per heavy atom. The van der Waals surface area contributed by atoms with Crippen molar-refractivity contribution < 1.29 is 18.1 Å². The van der Waals surface area contributed by atoms with Crippen LogP contribution in [-0.2, 0) is 10.0 Å². The zero-order valence-electron chi connectivity index (χ0n) is 12.2. The minimum Gasteiger partial charge on any atom is -0.331 e. The van der Waals surface area contributed by atoms with Crippen molar-refractivity contribution in [2.75, 3.05) is 33.9 Å². The maximum absolute atomic E-state index is 12.5. The number of nitro groups is 1. The number of rotatable bonds is 3. The third kappa shape index (κ3) is 3.02. The molecular formula is C12H16N4O5S. The second-order valence-electron chi connectivity index (χ2n) is 5.02. The van der Waals surface area contributed by atoms with Gasteiger partial charge in [0.05, 0.1) is 16.5 Å². The number of sulfonamides is 1. The van der Waals surface area contributed by atoms with Gasteiger partial charge in [0.15, 0.2) is 0 Å². The molecule has 1 aromatic rings. The molecule has 22 heavy (non-hydrogen) atoms. The number of urea groups is 1. The van der Waals surface area contributed by atoms with Crippen LogP contribution < -0.4 is 0 Å². The second-order valence-corrected chi connectivity index (χ2v) is 6.95. The topological polar surface area (TPSA) is 104 Å². The standard InChI is InChI=1S/C12H16N4O5S/c1-13(2)12(17)14-6-7-15(9-14)22(20,21)11-5-3-4-10(8-11)16(18)19/h3-5,8H,6-7,9H2,1-2H3.